The Bertz CT molecular complexity index is 915. The van der Waals surface area contributed by atoms with Crippen molar-refractivity contribution in [2.24, 2.45) is 0 Å². The number of hydrogen-bond acceptors (Lipinski definition) is 3. The van der Waals surface area contributed by atoms with Crippen LogP contribution in [0.5, 0.6) is 0 Å². The molecule has 2 N–H and O–H groups in total. The van der Waals surface area contributed by atoms with E-state index in [1.54, 1.807) is 24.4 Å². The quantitative estimate of drug-likeness (QED) is 0.622. The molecule has 0 fully saturated rings. The van der Waals surface area contributed by atoms with E-state index in [2.05, 4.69) is 55.6 Å². The van der Waals surface area contributed by atoms with Crippen LogP contribution in [0.4, 0.5) is 0 Å². The van der Waals surface area contributed by atoms with Crippen LogP contribution in [0.25, 0.3) is 10.9 Å². The van der Waals surface area contributed by atoms with Crippen LogP contribution in [0, 0.1) is 11.5 Å². The molecule has 1 heterocycles. The minimum atomic E-state index is -1.82. The first-order valence-electron chi connectivity index (χ1n) is 8.90. The predicted molar refractivity (Wildman–Crippen MR) is 110 cm³/mol. The molecule has 1 amide bonds. The van der Waals surface area contributed by atoms with E-state index in [-0.39, 0.29) is 11.5 Å². The fourth-order valence-electron chi connectivity index (χ4n) is 2.29. The van der Waals surface area contributed by atoms with Gasteiger partial charge in [0.1, 0.15) is 14.1 Å². The number of carboxylic acids is 1. The van der Waals surface area contributed by atoms with Crippen molar-refractivity contribution in [2.75, 3.05) is 0 Å². The molecule has 6 heteroatoms. The number of benzene rings is 1. The number of carbonyl (C=O) groups excluding carboxylic acids is 1. The molecule has 0 radical (unpaired) electrons. The van der Waals surface area contributed by atoms with E-state index in [1.807, 2.05) is 12.1 Å². The Labute approximate surface area is 161 Å². The Morgan fingerprint density at radius 2 is 1.89 bits per heavy atom. The maximum Gasteiger partial charge on any atom is 0.327 e. The molecule has 0 bridgehead atoms. The summed E-state index contributed by atoms with van der Waals surface area (Å²) in [6.45, 7) is 10.8. The minimum Gasteiger partial charge on any atom is -0.480 e. The fourth-order valence-corrected chi connectivity index (χ4v) is 3.20. The Morgan fingerprint density at radius 1 is 1.22 bits per heavy atom. The molecule has 0 saturated carbocycles. The highest BCUT2D eigenvalue weighted by molar-refractivity contribution is 6.87. The number of rotatable bonds is 4. The molecule has 1 atom stereocenters. The van der Waals surface area contributed by atoms with Crippen LogP contribution in [0.1, 0.15) is 37.6 Å². The number of aromatic nitrogens is 1. The third-order valence-corrected chi connectivity index (χ3v) is 9.61. The Kier molecular flexibility index (Phi) is 6.07. The molecule has 0 aliphatic heterocycles. The fraction of sp³-hybridized carbons (Fsp3) is 0.381. The van der Waals surface area contributed by atoms with Gasteiger partial charge in [0.25, 0.3) is 5.91 Å². The van der Waals surface area contributed by atoms with E-state index in [4.69, 9.17) is 0 Å². The normalized spacial score (nSPS) is 12.8. The number of hydrogen-bond donors (Lipinski definition) is 2. The molecule has 5 nitrogen and oxygen atoms in total. The van der Waals surface area contributed by atoms with E-state index >= 15 is 0 Å². The lowest BCUT2D eigenvalue weighted by Crippen LogP contribution is -2.41. The summed E-state index contributed by atoms with van der Waals surface area (Å²) >= 11 is 0. The van der Waals surface area contributed by atoms with Crippen LogP contribution >= 0.6 is 0 Å². The van der Waals surface area contributed by atoms with Crippen molar-refractivity contribution in [3.63, 3.8) is 0 Å². The summed E-state index contributed by atoms with van der Waals surface area (Å²) in [6.07, 6.45) is 1.68. The van der Waals surface area contributed by atoms with Crippen molar-refractivity contribution < 1.29 is 14.7 Å². The predicted octanol–water partition coefficient (Wildman–Crippen LogP) is 3.86. The molecule has 0 aliphatic carbocycles. The van der Waals surface area contributed by atoms with Gasteiger partial charge in [0.2, 0.25) is 0 Å². The average molecular weight is 383 g/mol. The van der Waals surface area contributed by atoms with Gasteiger partial charge in [-0.3, -0.25) is 9.78 Å². The van der Waals surface area contributed by atoms with E-state index in [0.29, 0.717) is 11.1 Å². The SMILES string of the molecule is CC(C)(C)[Si](C)(C)C#CC[C@H](NC(=O)c1cccc2cccnc12)C(=O)O. The van der Waals surface area contributed by atoms with Crippen molar-refractivity contribution in [3.05, 3.63) is 42.1 Å². The first-order valence-corrected chi connectivity index (χ1v) is 11.9. The second-order valence-corrected chi connectivity index (χ2v) is 13.1. The Morgan fingerprint density at radius 3 is 2.52 bits per heavy atom. The highest BCUT2D eigenvalue weighted by Gasteiger charge is 2.33. The number of nitrogens with one attached hydrogen (secondary N) is 1. The van der Waals surface area contributed by atoms with Crippen molar-refractivity contribution in [1.82, 2.24) is 10.3 Å². The highest BCUT2D eigenvalue weighted by atomic mass is 28.3. The molecule has 0 aliphatic rings. The molecule has 1 aromatic carbocycles. The van der Waals surface area contributed by atoms with Gasteiger partial charge < -0.3 is 10.4 Å². The summed E-state index contributed by atoms with van der Waals surface area (Å²) in [7, 11) is -1.82. The Hall–Kier alpha value is -2.65. The summed E-state index contributed by atoms with van der Waals surface area (Å²) in [4.78, 5) is 28.5. The molecular formula is C21H26N2O3Si. The first-order chi connectivity index (χ1) is 12.5. The lowest BCUT2D eigenvalue weighted by Gasteiger charge is -2.31. The maximum atomic E-state index is 12.6. The maximum absolute atomic E-state index is 12.6. The van der Waals surface area contributed by atoms with Gasteiger partial charge in [-0.1, -0.05) is 52.1 Å². The molecule has 2 aromatic rings. The molecule has 1 aromatic heterocycles. The molecule has 0 unspecified atom stereocenters. The minimum absolute atomic E-state index is 0.0752. The van der Waals surface area contributed by atoms with Gasteiger partial charge in [0, 0.05) is 18.0 Å². The van der Waals surface area contributed by atoms with Gasteiger partial charge in [-0.25, -0.2) is 4.79 Å². The molecule has 27 heavy (non-hydrogen) atoms. The van der Waals surface area contributed by atoms with Crippen LogP contribution in [-0.4, -0.2) is 36.1 Å². The monoisotopic (exact) mass is 382 g/mol. The second-order valence-electron chi connectivity index (χ2n) is 8.13. The van der Waals surface area contributed by atoms with Crippen molar-refractivity contribution in [2.45, 2.75) is 51.4 Å². The number of aliphatic carboxylic acids is 1. The van der Waals surface area contributed by atoms with Crippen LogP contribution in [0.2, 0.25) is 18.1 Å². The summed E-state index contributed by atoms with van der Waals surface area (Å²) < 4.78 is 0. The zero-order valence-electron chi connectivity index (χ0n) is 16.5. The van der Waals surface area contributed by atoms with Gasteiger partial charge in [0.15, 0.2) is 0 Å². The van der Waals surface area contributed by atoms with Gasteiger partial charge in [-0.15, -0.1) is 11.5 Å². The van der Waals surface area contributed by atoms with Crippen LogP contribution < -0.4 is 5.32 Å². The topological polar surface area (TPSA) is 79.3 Å². The summed E-state index contributed by atoms with van der Waals surface area (Å²) in [5, 5.41) is 13.0. The van der Waals surface area contributed by atoms with Crippen LogP contribution in [-0.2, 0) is 4.79 Å². The molecule has 0 saturated heterocycles. The number of pyridine rings is 1. The number of carbonyl (C=O) groups is 2. The Balaban J connectivity index is 2.19. The number of para-hydroxylation sites is 1. The zero-order chi connectivity index (χ0) is 20.2. The summed E-state index contributed by atoms with van der Waals surface area (Å²) in [6, 6.07) is 7.85. The van der Waals surface area contributed by atoms with E-state index in [1.165, 1.54) is 0 Å². The van der Waals surface area contributed by atoms with Crippen LogP contribution in [0.3, 0.4) is 0 Å². The van der Waals surface area contributed by atoms with Crippen LogP contribution in [0.15, 0.2) is 36.5 Å². The zero-order valence-corrected chi connectivity index (χ0v) is 17.5. The first kappa shape index (κ1) is 20.7. The molecule has 142 valence electrons. The standard InChI is InChI=1S/C21H26N2O3Si/c1-21(2,3)27(4,5)14-8-12-17(20(25)26)23-19(24)16-11-6-9-15-10-7-13-22-18(15)16/h6-7,9-11,13,17H,12H2,1-5H3,(H,23,24)(H,25,26)/t17-/m0/s1. The van der Waals surface area contributed by atoms with E-state index in [0.717, 1.165) is 5.39 Å². The van der Waals surface area contributed by atoms with Crippen molar-refractivity contribution in [1.29, 1.82) is 0 Å². The molecule has 2 rings (SSSR count). The molecular weight excluding hydrogens is 356 g/mol. The van der Waals surface area contributed by atoms with E-state index in [9.17, 15) is 14.7 Å². The highest BCUT2D eigenvalue weighted by Crippen LogP contribution is 2.35. The number of nitrogens with zero attached hydrogens (tertiary/aromatic N) is 1. The smallest absolute Gasteiger partial charge is 0.327 e. The van der Waals surface area contributed by atoms with Gasteiger partial charge in [-0.05, 0) is 17.2 Å². The summed E-state index contributed by atoms with van der Waals surface area (Å²) in [5.74, 6) is 1.45. The largest absolute Gasteiger partial charge is 0.480 e. The second kappa shape index (κ2) is 7.93. The van der Waals surface area contributed by atoms with Gasteiger partial charge in [-0.2, -0.15) is 0 Å². The third-order valence-electron chi connectivity index (χ3n) is 5.06. The van der Waals surface area contributed by atoms with Crippen molar-refractivity contribution in [3.8, 4) is 11.5 Å². The number of carboxylic acid groups (broad SMARTS) is 1. The third kappa shape index (κ3) is 4.95. The average Bonchev–Trinajstić information content (AvgIpc) is 2.59. The van der Waals surface area contributed by atoms with Gasteiger partial charge >= 0.3 is 5.97 Å². The van der Waals surface area contributed by atoms with Gasteiger partial charge in [0.05, 0.1) is 11.1 Å². The summed E-state index contributed by atoms with van der Waals surface area (Å²) in [5.41, 5.74) is 4.20. The number of fused-ring (bicyclic) bond motifs is 1. The lowest BCUT2D eigenvalue weighted by molar-refractivity contribution is -0.139. The lowest BCUT2D eigenvalue weighted by atomic mass is 10.1. The molecule has 0 spiro atoms. The van der Waals surface area contributed by atoms with E-state index < -0.39 is 26.0 Å². The number of amides is 1. The van der Waals surface area contributed by atoms with Crippen molar-refractivity contribution >= 4 is 30.9 Å².